The predicted molar refractivity (Wildman–Crippen MR) is 68.1 cm³/mol. The standard InChI is InChI=1S/C12H23N3O3/c1-9(10(16)17)14-4-6-15(7-5-14)11(18)12(2,3)8-13/h9H,4-8,13H2,1-3H3,(H,16,17). The van der Waals surface area contributed by atoms with Gasteiger partial charge in [0.1, 0.15) is 6.04 Å². The van der Waals surface area contributed by atoms with Crippen molar-refractivity contribution in [2.45, 2.75) is 26.8 Å². The van der Waals surface area contributed by atoms with Crippen LogP contribution in [0, 0.1) is 5.41 Å². The fourth-order valence-electron chi connectivity index (χ4n) is 1.98. The molecule has 6 heteroatoms. The Kier molecular flexibility index (Phi) is 4.70. The Morgan fingerprint density at radius 2 is 1.78 bits per heavy atom. The molecule has 1 aliphatic rings. The van der Waals surface area contributed by atoms with E-state index in [1.54, 1.807) is 11.8 Å². The number of nitrogens with two attached hydrogens (primary N) is 1. The van der Waals surface area contributed by atoms with Crippen LogP contribution in [-0.4, -0.2) is 65.5 Å². The van der Waals surface area contributed by atoms with Gasteiger partial charge in [0.2, 0.25) is 5.91 Å². The maximum atomic E-state index is 12.2. The van der Waals surface area contributed by atoms with E-state index >= 15 is 0 Å². The minimum Gasteiger partial charge on any atom is -0.480 e. The zero-order valence-electron chi connectivity index (χ0n) is 11.3. The van der Waals surface area contributed by atoms with Crippen molar-refractivity contribution >= 4 is 11.9 Å². The summed E-state index contributed by atoms with van der Waals surface area (Å²) in [4.78, 5) is 26.7. The molecule has 0 saturated carbocycles. The van der Waals surface area contributed by atoms with E-state index < -0.39 is 17.4 Å². The number of amides is 1. The van der Waals surface area contributed by atoms with Crippen LogP contribution < -0.4 is 5.73 Å². The smallest absolute Gasteiger partial charge is 0.320 e. The number of carboxylic acids is 1. The van der Waals surface area contributed by atoms with Crippen LogP contribution in [0.1, 0.15) is 20.8 Å². The van der Waals surface area contributed by atoms with Gasteiger partial charge in [-0.3, -0.25) is 14.5 Å². The number of hydrogen-bond acceptors (Lipinski definition) is 4. The number of aliphatic carboxylic acids is 1. The highest BCUT2D eigenvalue weighted by Crippen LogP contribution is 2.18. The monoisotopic (exact) mass is 257 g/mol. The molecule has 104 valence electrons. The van der Waals surface area contributed by atoms with Crippen molar-refractivity contribution in [1.29, 1.82) is 0 Å². The lowest BCUT2D eigenvalue weighted by molar-refractivity contribution is -0.146. The lowest BCUT2D eigenvalue weighted by atomic mass is 9.91. The molecular weight excluding hydrogens is 234 g/mol. The summed E-state index contributed by atoms with van der Waals surface area (Å²) in [5, 5.41) is 8.94. The first-order valence-electron chi connectivity index (χ1n) is 6.26. The van der Waals surface area contributed by atoms with Crippen LogP contribution in [-0.2, 0) is 9.59 Å². The fourth-order valence-corrected chi connectivity index (χ4v) is 1.98. The molecule has 18 heavy (non-hydrogen) atoms. The van der Waals surface area contributed by atoms with Crippen molar-refractivity contribution in [2.24, 2.45) is 11.1 Å². The number of piperazine rings is 1. The van der Waals surface area contributed by atoms with Gasteiger partial charge < -0.3 is 15.7 Å². The molecule has 0 spiro atoms. The molecule has 0 aromatic rings. The van der Waals surface area contributed by atoms with Gasteiger partial charge in [0, 0.05) is 32.7 Å². The highest BCUT2D eigenvalue weighted by Gasteiger charge is 2.33. The molecule has 1 unspecified atom stereocenters. The van der Waals surface area contributed by atoms with Gasteiger partial charge in [0.05, 0.1) is 5.41 Å². The van der Waals surface area contributed by atoms with Gasteiger partial charge in [0.25, 0.3) is 0 Å². The highest BCUT2D eigenvalue weighted by atomic mass is 16.4. The first-order valence-corrected chi connectivity index (χ1v) is 6.26. The molecule has 0 aliphatic carbocycles. The Morgan fingerprint density at radius 1 is 1.28 bits per heavy atom. The molecule has 0 radical (unpaired) electrons. The third-order valence-electron chi connectivity index (χ3n) is 3.60. The average molecular weight is 257 g/mol. The minimum absolute atomic E-state index is 0.0487. The summed E-state index contributed by atoms with van der Waals surface area (Å²) < 4.78 is 0. The first kappa shape index (κ1) is 14.9. The molecular formula is C12H23N3O3. The van der Waals surface area contributed by atoms with Crippen LogP contribution in [0.25, 0.3) is 0 Å². The molecule has 1 amide bonds. The SMILES string of the molecule is CC(C(=O)O)N1CCN(C(=O)C(C)(C)CN)CC1. The zero-order valence-corrected chi connectivity index (χ0v) is 11.3. The van der Waals surface area contributed by atoms with Crippen molar-refractivity contribution in [3.63, 3.8) is 0 Å². The van der Waals surface area contributed by atoms with Gasteiger partial charge in [-0.2, -0.15) is 0 Å². The van der Waals surface area contributed by atoms with E-state index in [0.29, 0.717) is 32.7 Å². The lowest BCUT2D eigenvalue weighted by Gasteiger charge is -2.39. The Hall–Kier alpha value is -1.14. The Balaban J connectivity index is 2.54. The molecule has 0 bridgehead atoms. The topological polar surface area (TPSA) is 86.9 Å². The van der Waals surface area contributed by atoms with Gasteiger partial charge in [-0.1, -0.05) is 0 Å². The van der Waals surface area contributed by atoms with Crippen molar-refractivity contribution in [3.05, 3.63) is 0 Å². The quantitative estimate of drug-likeness (QED) is 0.715. The largest absolute Gasteiger partial charge is 0.480 e. The summed E-state index contributed by atoms with van der Waals surface area (Å²) >= 11 is 0. The summed E-state index contributed by atoms with van der Waals surface area (Å²) in [6, 6.07) is -0.496. The number of nitrogens with zero attached hydrogens (tertiary/aromatic N) is 2. The van der Waals surface area contributed by atoms with Crippen molar-refractivity contribution < 1.29 is 14.7 Å². The first-order chi connectivity index (χ1) is 8.29. The number of carbonyl (C=O) groups is 2. The molecule has 1 rings (SSSR count). The van der Waals surface area contributed by atoms with Crippen molar-refractivity contribution in [3.8, 4) is 0 Å². The number of carbonyl (C=O) groups excluding carboxylic acids is 1. The summed E-state index contributed by atoms with van der Waals surface area (Å²) in [5.41, 5.74) is 5.05. The number of carboxylic acid groups (broad SMARTS) is 1. The Morgan fingerprint density at radius 3 is 2.17 bits per heavy atom. The van der Waals surface area contributed by atoms with Gasteiger partial charge in [-0.25, -0.2) is 0 Å². The van der Waals surface area contributed by atoms with Gasteiger partial charge >= 0.3 is 5.97 Å². The van der Waals surface area contributed by atoms with E-state index in [2.05, 4.69) is 0 Å². The maximum Gasteiger partial charge on any atom is 0.320 e. The molecule has 0 aromatic heterocycles. The lowest BCUT2D eigenvalue weighted by Crippen LogP contribution is -2.56. The van der Waals surface area contributed by atoms with Crippen LogP contribution >= 0.6 is 0 Å². The van der Waals surface area contributed by atoms with E-state index in [0.717, 1.165) is 0 Å². The Labute approximate surface area is 108 Å². The maximum absolute atomic E-state index is 12.2. The van der Waals surface area contributed by atoms with Crippen LogP contribution in [0.3, 0.4) is 0 Å². The summed E-state index contributed by atoms with van der Waals surface area (Å²) in [6.45, 7) is 7.99. The van der Waals surface area contributed by atoms with Crippen LogP contribution in [0.2, 0.25) is 0 Å². The molecule has 1 atom stereocenters. The molecule has 1 saturated heterocycles. The van der Waals surface area contributed by atoms with E-state index in [9.17, 15) is 9.59 Å². The highest BCUT2D eigenvalue weighted by molar-refractivity contribution is 5.82. The number of rotatable bonds is 4. The van der Waals surface area contributed by atoms with Crippen LogP contribution in [0.5, 0.6) is 0 Å². The second kappa shape index (κ2) is 5.67. The molecule has 1 heterocycles. The van der Waals surface area contributed by atoms with Gasteiger partial charge in [0.15, 0.2) is 0 Å². The van der Waals surface area contributed by atoms with E-state index in [-0.39, 0.29) is 5.91 Å². The molecule has 1 fully saturated rings. The second-order valence-electron chi connectivity index (χ2n) is 5.43. The van der Waals surface area contributed by atoms with Gasteiger partial charge in [-0.15, -0.1) is 0 Å². The third kappa shape index (κ3) is 3.20. The van der Waals surface area contributed by atoms with E-state index in [1.807, 2.05) is 18.7 Å². The summed E-state index contributed by atoms with van der Waals surface area (Å²) in [5.74, 6) is -0.773. The summed E-state index contributed by atoms with van der Waals surface area (Å²) in [6.07, 6.45) is 0. The van der Waals surface area contributed by atoms with Crippen LogP contribution in [0.15, 0.2) is 0 Å². The van der Waals surface area contributed by atoms with E-state index in [4.69, 9.17) is 10.8 Å². The van der Waals surface area contributed by atoms with E-state index in [1.165, 1.54) is 0 Å². The molecule has 6 nitrogen and oxygen atoms in total. The minimum atomic E-state index is -0.822. The molecule has 3 N–H and O–H groups in total. The molecule has 1 aliphatic heterocycles. The van der Waals surface area contributed by atoms with Crippen molar-refractivity contribution in [1.82, 2.24) is 9.80 Å². The molecule has 0 aromatic carbocycles. The van der Waals surface area contributed by atoms with Crippen LogP contribution in [0.4, 0.5) is 0 Å². The Bertz CT molecular complexity index is 323. The predicted octanol–water partition coefficient (Wildman–Crippen LogP) is -0.411. The number of hydrogen-bond donors (Lipinski definition) is 2. The third-order valence-corrected chi connectivity index (χ3v) is 3.60. The van der Waals surface area contributed by atoms with Crippen molar-refractivity contribution in [2.75, 3.05) is 32.7 Å². The summed E-state index contributed by atoms with van der Waals surface area (Å²) in [7, 11) is 0. The average Bonchev–Trinajstić information content (AvgIpc) is 2.37. The van der Waals surface area contributed by atoms with Gasteiger partial charge in [-0.05, 0) is 20.8 Å². The normalized spacial score (nSPS) is 19.7. The zero-order chi connectivity index (χ0) is 13.9. The fraction of sp³-hybridized carbons (Fsp3) is 0.833. The second-order valence-corrected chi connectivity index (χ2v) is 5.43.